The fraction of sp³-hybridized carbons (Fsp3) is 0.118. The summed E-state index contributed by atoms with van der Waals surface area (Å²) < 4.78 is 2.57. The van der Waals surface area contributed by atoms with Crippen LogP contribution in [0.5, 0.6) is 0 Å². The van der Waals surface area contributed by atoms with Gasteiger partial charge in [0, 0.05) is 5.56 Å². The van der Waals surface area contributed by atoms with E-state index in [2.05, 4.69) is 44.9 Å². The molecule has 4 rings (SSSR count). The van der Waals surface area contributed by atoms with Gasteiger partial charge in [0.2, 0.25) is 0 Å². The van der Waals surface area contributed by atoms with Gasteiger partial charge in [0.15, 0.2) is 5.13 Å². The van der Waals surface area contributed by atoms with Crippen molar-refractivity contribution in [2.75, 3.05) is 5.32 Å². The molecule has 2 aromatic heterocycles. The van der Waals surface area contributed by atoms with E-state index in [0.29, 0.717) is 10.7 Å². The van der Waals surface area contributed by atoms with Gasteiger partial charge in [-0.1, -0.05) is 30.4 Å². The molecule has 0 saturated heterocycles. The largest absolute Gasteiger partial charge is 0.298 e. The molecule has 1 amide bonds. The predicted molar refractivity (Wildman–Crippen MR) is 96.1 cm³/mol. The lowest BCUT2D eigenvalue weighted by molar-refractivity contribution is 0.102. The van der Waals surface area contributed by atoms with Gasteiger partial charge in [-0.05, 0) is 52.7 Å². The van der Waals surface area contributed by atoms with Crippen LogP contribution in [-0.4, -0.2) is 31.1 Å². The molecule has 25 heavy (non-hydrogen) atoms. The summed E-state index contributed by atoms with van der Waals surface area (Å²) in [5.41, 5.74) is 3.37. The molecular formula is C17H14N6OS. The van der Waals surface area contributed by atoms with Gasteiger partial charge < -0.3 is 0 Å². The average Bonchev–Trinajstić information content (AvgIpc) is 3.30. The Morgan fingerprint density at radius 1 is 1.24 bits per heavy atom. The van der Waals surface area contributed by atoms with Crippen LogP contribution in [0.3, 0.4) is 0 Å². The van der Waals surface area contributed by atoms with Crippen LogP contribution >= 0.6 is 11.3 Å². The first-order valence-electron chi connectivity index (χ1n) is 7.77. The van der Waals surface area contributed by atoms with E-state index in [9.17, 15) is 4.79 Å². The van der Waals surface area contributed by atoms with E-state index in [0.717, 1.165) is 22.3 Å². The molecule has 2 aromatic carbocycles. The molecule has 0 spiro atoms. The Morgan fingerprint density at radius 2 is 2.16 bits per heavy atom. The zero-order valence-electron chi connectivity index (χ0n) is 13.4. The van der Waals surface area contributed by atoms with Gasteiger partial charge in [0.25, 0.3) is 5.91 Å². The lowest BCUT2D eigenvalue weighted by Gasteiger charge is -2.04. The molecule has 0 unspecified atom stereocenters. The van der Waals surface area contributed by atoms with Crippen molar-refractivity contribution >= 4 is 32.6 Å². The molecule has 124 valence electrons. The lowest BCUT2D eigenvalue weighted by Crippen LogP contribution is -2.12. The second-order valence-corrected chi connectivity index (χ2v) is 6.46. The van der Waals surface area contributed by atoms with Gasteiger partial charge in [-0.3, -0.25) is 10.1 Å². The Morgan fingerprint density at radius 3 is 2.96 bits per heavy atom. The molecule has 0 aliphatic heterocycles. The van der Waals surface area contributed by atoms with Gasteiger partial charge in [0.1, 0.15) is 6.33 Å². The van der Waals surface area contributed by atoms with Gasteiger partial charge in [-0.25, -0.2) is 9.67 Å². The van der Waals surface area contributed by atoms with E-state index in [-0.39, 0.29) is 5.91 Å². The Hall–Kier alpha value is -3.13. The van der Waals surface area contributed by atoms with Gasteiger partial charge in [-0.2, -0.15) is 0 Å². The van der Waals surface area contributed by atoms with Crippen molar-refractivity contribution in [3.8, 4) is 5.69 Å². The highest BCUT2D eigenvalue weighted by Gasteiger charge is 2.11. The quantitative estimate of drug-likeness (QED) is 0.611. The fourth-order valence-electron chi connectivity index (χ4n) is 2.48. The summed E-state index contributed by atoms with van der Waals surface area (Å²) in [6.07, 6.45) is 2.45. The van der Waals surface area contributed by atoms with Gasteiger partial charge >= 0.3 is 0 Å². The minimum atomic E-state index is -0.218. The van der Waals surface area contributed by atoms with Crippen molar-refractivity contribution in [1.82, 2.24) is 25.2 Å². The minimum absolute atomic E-state index is 0.218. The number of aryl methyl sites for hydroxylation is 1. The van der Waals surface area contributed by atoms with E-state index in [4.69, 9.17) is 0 Å². The number of rotatable bonds is 4. The molecule has 0 aliphatic rings. The zero-order valence-corrected chi connectivity index (χ0v) is 14.2. The molecule has 4 aromatic rings. The second-order valence-electron chi connectivity index (χ2n) is 5.43. The van der Waals surface area contributed by atoms with Crippen molar-refractivity contribution in [3.63, 3.8) is 0 Å². The van der Waals surface area contributed by atoms with Crippen molar-refractivity contribution < 1.29 is 4.79 Å². The summed E-state index contributed by atoms with van der Waals surface area (Å²) in [5.74, 6) is -0.218. The molecule has 7 nitrogen and oxygen atoms in total. The number of thiazole rings is 1. The summed E-state index contributed by atoms with van der Waals surface area (Å²) in [6, 6.07) is 13.2. The number of nitrogens with zero attached hydrogens (tertiary/aromatic N) is 5. The van der Waals surface area contributed by atoms with E-state index in [1.54, 1.807) is 18.2 Å². The van der Waals surface area contributed by atoms with E-state index >= 15 is 0 Å². The highest BCUT2D eigenvalue weighted by atomic mass is 32.1. The first kappa shape index (κ1) is 15.4. The fourth-order valence-corrected chi connectivity index (χ4v) is 3.41. The number of hydrogen-bond acceptors (Lipinski definition) is 6. The molecule has 1 N–H and O–H groups in total. The number of anilines is 1. The Balaban J connectivity index is 1.59. The second kappa shape index (κ2) is 6.40. The van der Waals surface area contributed by atoms with Crippen LogP contribution in [0, 0.1) is 0 Å². The van der Waals surface area contributed by atoms with Crippen LogP contribution in [0.15, 0.2) is 48.8 Å². The van der Waals surface area contributed by atoms with Crippen LogP contribution in [0.25, 0.3) is 15.9 Å². The van der Waals surface area contributed by atoms with Crippen LogP contribution in [0.4, 0.5) is 5.13 Å². The Labute approximate surface area is 147 Å². The number of tetrazole rings is 1. The summed E-state index contributed by atoms with van der Waals surface area (Å²) >= 11 is 1.47. The molecule has 0 aliphatic carbocycles. The first-order chi connectivity index (χ1) is 12.2. The van der Waals surface area contributed by atoms with Crippen molar-refractivity contribution in [3.05, 3.63) is 59.9 Å². The van der Waals surface area contributed by atoms with Crippen molar-refractivity contribution in [2.45, 2.75) is 13.3 Å². The molecular weight excluding hydrogens is 336 g/mol. The summed E-state index contributed by atoms with van der Waals surface area (Å²) in [5, 5.41) is 14.5. The van der Waals surface area contributed by atoms with Gasteiger partial charge in [-0.15, -0.1) is 5.10 Å². The summed E-state index contributed by atoms with van der Waals surface area (Å²) in [7, 11) is 0. The van der Waals surface area contributed by atoms with Crippen LogP contribution in [0.1, 0.15) is 22.8 Å². The number of aromatic nitrogens is 5. The van der Waals surface area contributed by atoms with Crippen molar-refractivity contribution in [1.29, 1.82) is 0 Å². The van der Waals surface area contributed by atoms with Crippen LogP contribution < -0.4 is 5.32 Å². The lowest BCUT2D eigenvalue weighted by atomic mass is 10.2. The smallest absolute Gasteiger partial charge is 0.257 e. The summed E-state index contributed by atoms with van der Waals surface area (Å²) in [4.78, 5) is 17.0. The van der Waals surface area contributed by atoms with Gasteiger partial charge in [0.05, 0.1) is 15.9 Å². The molecule has 0 saturated carbocycles. The third-order valence-corrected chi connectivity index (χ3v) is 4.74. The monoisotopic (exact) mass is 350 g/mol. The Kier molecular flexibility index (Phi) is 3.95. The standard InChI is InChI=1S/C17H14N6OS/c1-2-11-6-7-14-15(8-11)25-17(19-14)20-16(24)12-4-3-5-13(9-12)23-10-18-21-22-23/h3-10H,2H2,1H3,(H,19,20,24). The molecule has 8 heteroatoms. The zero-order chi connectivity index (χ0) is 17.2. The number of benzene rings is 2. The number of nitrogens with one attached hydrogen (secondary N) is 1. The molecule has 0 atom stereocenters. The molecule has 0 radical (unpaired) electrons. The normalized spacial score (nSPS) is 10.9. The predicted octanol–water partition coefficient (Wildman–Crippen LogP) is 3.09. The topological polar surface area (TPSA) is 85.6 Å². The minimum Gasteiger partial charge on any atom is -0.298 e. The first-order valence-corrected chi connectivity index (χ1v) is 8.59. The maximum atomic E-state index is 12.5. The number of fused-ring (bicyclic) bond motifs is 1. The van der Waals surface area contributed by atoms with E-state index in [1.165, 1.54) is 27.9 Å². The molecule has 0 bridgehead atoms. The number of amides is 1. The number of carbonyl (C=O) groups excluding carboxylic acids is 1. The third kappa shape index (κ3) is 3.11. The maximum absolute atomic E-state index is 12.5. The average molecular weight is 350 g/mol. The van der Waals surface area contributed by atoms with E-state index < -0.39 is 0 Å². The molecule has 0 fully saturated rings. The van der Waals surface area contributed by atoms with Crippen molar-refractivity contribution in [2.24, 2.45) is 0 Å². The van der Waals surface area contributed by atoms with Crippen LogP contribution in [0.2, 0.25) is 0 Å². The van der Waals surface area contributed by atoms with E-state index in [1.807, 2.05) is 12.1 Å². The highest BCUT2D eigenvalue weighted by molar-refractivity contribution is 7.22. The number of hydrogen-bond donors (Lipinski definition) is 1. The SMILES string of the molecule is CCc1ccc2nc(NC(=O)c3cccc(-n4cnnn4)c3)sc2c1. The third-order valence-electron chi connectivity index (χ3n) is 3.80. The maximum Gasteiger partial charge on any atom is 0.257 e. The molecule has 2 heterocycles. The number of carbonyl (C=O) groups is 1. The Bertz CT molecular complexity index is 1040. The van der Waals surface area contributed by atoms with Crippen LogP contribution in [-0.2, 0) is 6.42 Å². The summed E-state index contributed by atoms with van der Waals surface area (Å²) in [6.45, 7) is 2.11. The highest BCUT2D eigenvalue weighted by Crippen LogP contribution is 2.27.